The molecule has 0 amide bonds. The molecule has 0 radical (unpaired) electrons. The third-order valence-electron chi connectivity index (χ3n) is 4.71. The Labute approximate surface area is 166 Å². The van der Waals surface area contributed by atoms with Crippen LogP contribution in [0.5, 0.6) is 0 Å². The third-order valence-corrected chi connectivity index (χ3v) is 5.13. The number of ether oxygens (including phenoxy) is 1. The fraction of sp³-hybridized carbons (Fsp3) is 0.667. The van der Waals surface area contributed by atoms with Crippen molar-refractivity contribution < 1.29 is 23.0 Å². The summed E-state index contributed by atoms with van der Waals surface area (Å²) in [5, 5.41) is 12.9. The number of rotatable bonds is 4. The number of anilines is 1. The topological polar surface area (TPSA) is 85.7 Å². The van der Waals surface area contributed by atoms with Crippen LogP contribution in [0, 0.1) is 0 Å². The lowest BCUT2D eigenvalue weighted by molar-refractivity contribution is -0.00535. The predicted molar refractivity (Wildman–Crippen MR) is 102 cm³/mol. The largest absolute Gasteiger partial charge is 0.391 e. The molecule has 3 rings (SSSR count). The predicted octanol–water partition coefficient (Wildman–Crippen LogP) is 3.78. The van der Waals surface area contributed by atoms with Crippen molar-refractivity contribution >= 4 is 23.1 Å². The second-order valence-corrected chi connectivity index (χ2v) is 7.72. The zero-order valence-corrected chi connectivity index (χ0v) is 16.9. The van der Waals surface area contributed by atoms with Crippen LogP contribution in [0.15, 0.2) is 6.20 Å². The summed E-state index contributed by atoms with van der Waals surface area (Å²) in [7, 11) is 0. The zero-order valence-electron chi connectivity index (χ0n) is 16.1. The number of nitrogen functional groups attached to an aromatic ring is 1. The molecule has 0 aromatic carbocycles. The Kier molecular flexibility index (Phi) is 7.52. The Morgan fingerprint density at radius 1 is 1.46 bits per heavy atom. The summed E-state index contributed by atoms with van der Waals surface area (Å²) in [6.07, 6.45) is -0.0762. The second kappa shape index (κ2) is 9.28. The van der Waals surface area contributed by atoms with Gasteiger partial charge in [-0.25, -0.2) is 22.7 Å². The quantitative estimate of drug-likeness (QED) is 0.783. The normalized spacial score (nSPS) is 18.8. The van der Waals surface area contributed by atoms with Crippen LogP contribution in [-0.4, -0.2) is 51.1 Å². The highest BCUT2D eigenvalue weighted by Crippen LogP contribution is 2.39. The molecule has 0 saturated carbocycles. The summed E-state index contributed by atoms with van der Waals surface area (Å²) in [6, 6.07) is 0. The molecule has 28 heavy (non-hydrogen) atoms. The first-order chi connectivity index (χ1) is 13.0. The molecule has 3 heterocycles. The van der Waals surface area contributed by atoms with Crippen molar-refractivity contribution in [1.82, 2.24) is 14.6 Å². The first kappa shape index (κ1) is 22.7. The number of nitrogens with two attached hydrogens (primary N) is 1. The second-order valence-electron chi connectivity index (χ2n) is 7.34. The maximum atomic E-state index is 14.3. The molecule has 158 valence electrons. The smallest absolute Gasteiger partial charge is 0.242 e. The number of hydrogen-bond donors (Lipinski definition) is 2. The number of nitrogens with zero attached hydrogens (tertiary/aromatic N) is 3. The van der Waals surface area contributed by atoms with Gasteiger partial charge in [-0.1, -0.05) is 18.5 Å². The highest BCUT2D eigenvalue weighted by atomic mass is 35.5. The lowest BCUT2D eigenvalue weighted by Gasteiger charge is -2.24. The van der Waals surface area contributed by atoms with Gasteiger partial charge in [0.1, 0.15) is 11.2 Å². The monoisotopic (exact) mass is 422 g/mol. The van der Waals surface area contributed by atoms with Crippen molar-refractivity contribution in [3.05, 3.63) is 22.5 Å². The SMILES string of the molecule is CC(c1c(CC(F)F)c(Cl)c2cnc(N)nn12)C(C)(C)F.OC1CCCOC1. The van der Waals surface area contributed by atoms with Crippen LogP contribution in [0.4, 0.5) is 19.1 Å². The van der Waals surface area contributed by atoms with Crippen molar-refractivity contribution in [2.75, 3.05) is 18.9 Å². The summed E-state index contributed by atoms with van der Waals surface area (Å²) in [5.41, 5.74) is 4.73. The molecule has 1 saturated heterocycles. The summed E-state index contributed by atoms with van der Waals surface area (Å²) in [5.74, 6) is -0.733. The fourth-order valence-electron chi connectivity index (χ4n) is 2.93. The van der Waals surface area contributed by atoms with Gasteiger partial charge in [0.15, 0.2) is 0 Å². The van der Waals surface area contributed by atoms with Gasteiger partial charge in [-0.2, -0.15) is 0 Å². The first-order valence-corrected chi connectivity index (χ1v) is 9.44. The van der Waals surface area contributed by atoms with Crippen molar-refractivity contribution in [1.29, 1.82) is 0 Å². The Hall–Kier alpha value is -1.58. The lowest BCUT2D eigenvalue weighted by atomic mass is 9.89. The summed E-state index contributed by atoms with van der Waals surface area (Å²) in [6.45, 7) is 5.73. The van der Waals surface area contributed by atoms with E-state index in [0.717, 1.165) is 19.4 Å². The van der Waals surface area contributed by atoms with E-state index in [1.165, 1.54) is 24.6 Å². The Morgan fingerprint density at radius 3 is 2.61 bits per heavy atom. The molecule has 10 heteroatoms. The molecule has 6 nitrogen and oxygen atoms in total. The van der Waals surface area contributed by atoms with Gasteiger partial charge < -0.3 is 15.6 Å². The number of alkyl halides is 3. The van der Waals surface area contributed by atoms with E-state index in [9.17, 15) is 13.2 Å². The van der Waals surface area contributed by atoms with Gasteiger partial charge in [0.05, 0.1) is 29.6 Å². The Balaban J connectivity index is 0.000000336. The standard InChI is InChI=1S/C13H16ClF3N4.C5H10O2/c1-6(13(2,3)17)11-7(4-9(15)16)10(14)8-5-19-12(18)20-21(8)11;6-5-2-1-3-7-4-5/h5-6,9H,4H2,1-3H3,(H2,18,20);5-6H,1-4H2. The first-order valence-electron chi connectivity index (χ1n) is 9.06. The minimum absolute atomic E-state index is 0.0390. The summed E-state index contributed by atoms with van der Waals surface area (Å²) >= 11 is 6.16. The van der Waals surface area contributed by atoms with Crippen LogP contribution in [-0.2, 0) is 11.2 Å². The molecular weight excluding hydrogens is 397 g/mol. The van der Waals surface area contributed by atoms with Gasteiger partial charge in [-0.05, 0) is 26.7 Å². The molecule has 0 bridgehead atoms. The van der Waals surface area contributed by atoms with Gasteiger partial charge in [0, 0.05) is 24.5 Å². The number of fused-ring (bicyclic) bond motifs is 1. The molecule has 3 N–H and O–H groups in total. The Morgan fingerprint density at radius 2 is 2.14 bits per heavy atom. The van der Waals surface area contributed by atoms with Gasteiger partial charge in [-0.3, -0.25) is 0 Å². The van der Waals surface area contributed by atoms with Crippen molar-refractivity contribution in [2.24, 2.45) is 0 Å². The average molecular weight is 423 g/mol. The van der Waals surface area contributed by atoms with E-state index in [1.807, 2.05) is 0 Å². The molecule has 2 aromatic heterocycles. The van der Waals surface area contributed by atoms with Gasteiger partial charge in [0.25, 0.3) is 0 Å². The fourth-order valence-corrected chi connectivity index (χ4v) is 3.24. The average Bonchev–Trinajstić information content (AvgIpc) is 2.85. The third kappa shape index (κ3) is 5.48. The molecular formula is C18H26ClF3N4O2. The number of hydrogen-bond acceptors (Lipinski definition) is 5. The van der Waals surface area contributed by atoms with E-state index in [-0.39, 0.29) is 22.6 Å². The Bertz CT molecular complexity index is 789. The molecule has 0 aliphatic carbocycles. The minimum atomic E-state index is -2.60. The number of aliphatic hydroxyl groups excluding tert-OH is 1. The summed E-state index contributed by atoms with van der Waals surface area (Å²) in [4.78, 5) is 3.80. The van der Waals surface area contributed by atoms with Crippen LogP contribution in [0.1, 0.15) is 50.8 Å². The maximum absolute atomic E-state index is 14.3. The molecule has 1 aliphatic rings. The van der Waals surface area contributed by atoms with Gasteiger partial charge in [0.2, 0.25) is 12.4 Å². The van der Waals surface area contributed by atoms with E-state index in [1.54, 1.807) is 6.92 Å². The molecule has 2 unspecified atom stereocenters. The minimum Gasteiger partial charge on any atom is -0.391 e. The number of halogens is 4. The lowest BCUT2D eigenvalue weighted by Crippen LogP contribution is -2.24. The van der Waals surface area contributed by atoms with E-state index in [2.05, 4.69) is 10.1 Å². The van der Waals surface area contributed by atoms with Crippen LogP contribution >= 0.6 is 11.6 Å². The maximum Gasteiger partial charge on any atom is 0.242 e. The molecule has 0 spiro atoms. The van der Waals surface area contributed by atoms with E-state index in [0.29, 0.717) is 17.8 Å². The molecule has 1 aliphatic heterocycles. The van der Waals surface area contributed by atoms with E-state index in [4.69, 9.17) is 27.2 Å². The molecule has 2 atom stereocenters. The summed E-state index contributed by atoms with van der Waals surface area (Å²) < 4.78 is 46.2. The van der Waals surface area contributed by atoms with Crippen LogP contribution in [0.2, 0.25) is 5.02 Å². The van der Waals surface area contributed by atoms with Crippen molar-refractivity contribution in [3.63, 3.8) is 0 Å². The zero-order chi connectivity index (χ0) is 21.1. The van der Waals surface area contributed by atoms with E-state index < -0.39 is 24.4 Å². The highest BCUT2D eigenvalue weighted by molar-refractivity contribution is 6.35. The van der Waals surface area contributed by atoms with E-state index >= 15 is 0 Å². The number of aliphatic hydroxyl groups is 1. The van der Waals surface area contributed by atoms with Crippen molar-refractivity contribution in [2.45, 2.75) is 64.1 Å². The van der Waals surface area contributed by atoms with Crippen LogP contribution in [0.25, 0.3) is 5.52 Å². The van der Waals surface area contributed by atoms with Gasteiger partial charge >= 0.3 is 0 Å². The number of aromatic nitrogens is 3. The van der Waals surface area contributed by atoms with Crippen LogP contribution < -0.4 is 5.73 Å². The molecule has 2 aromatic rings. The van der Waals surface area contributed by atoms with Gasteiger partial charge in [-0.15, -0.1) is 5.10 Å². The van der Waals surface area contributed by atoms with Crippen LogP contribution in [0.3, 0.4) is 0 Å². The molecule has 1 fully saturated rings. The van der Waals surface area contributed by atoms with Crippen molar-refractivity contribution in [3.8, 4) is 0 Å². The highest BCUT2D eigenvalue weighted by Gasteiger charge is 2.33.